The first-order valence-electron chi connectivity index (χ1n) is 6.85. The minimum Gasteiger partial charge on any atom is -0.481 e. The zero-order valence-corrected chi connectivity index (χ0v) is 12.6. The Hall–Kier alpha value is -1.84. The van der Waals surface area contributed by atoms with Crippen molar-refractivity contribution in [2.75, 3.05) is 0 Å². The van der Waals surface area contributed by atoms with Gasteiger partial charge in [-0.3, -0.25) is 9.59 Å². The highest BCUT2D eigenvalue weighted by atomic mass is 16.4. The molecule has 4 nitrogen and oxygen atoms in total. The van der Waals surface area contributed by atoms with E-state index < -0.39 is 12.0 Å². The quantitative estimate of drug-likeness (QED) is 0.869. The van der Waals surface area contributed by atoms with Gasteiger partial charge in [-0.25, -0.2) is 0 Å². The Morgan fingerprint density at radius 2 is 1.75 bits per heavy atom. The van der Waals surface area contributed by atoms with Crippen LogP contribution in [0.5, 0.6) is 0 Å². The molecule has 1 amide bonds. The molecule has 110 valence electrons. The largest absolute Gasteiger partial charge is 0.481 e. The molecule has 0 saturated heterocycles. The Balaban J connectivity index is 2.96. The first kappa shape index (κ1) is 16.2. The van der Waals surface area contributed by atoms with Crippen molar-refractivity contribution in [1.82, 2.24) is 5.32 Å². The summed E-state index contributed by atoms with van der Waals surface area (Å²) < 4.78 is 0. The maximum Gasteiger partial charge on any atom is 0.305 e. The van der Waals surface area contributed by atoms with Crippen molar-refractivity contribution in [2.45, 2.75) is 52.0 Å². The summed E-state index contributed by atoms with van der Waals surface area (Å²) >= 11 is 0. The van der Waals surface area contributed by atoms with Crippen LogP contribution in [-0.4, -0.2) is 17.0 Å². The molecule has 0 aliphatic heterocycles. The lowest BCUT2D eigenvalue weighted by Gasteiger charge is -2.21. The van der Waals surface area contributed by atoms with Gasteiger partial charge in [0.1, 0.15) is 0 Å². The summed E-state index contributed by atoms with van der Waals surface area (Å²) in [6.45, 7) is 8.11. The molecule has 1 aromatic carbocycles. The van der Waals surface area contributed by atoms with Crippen LogP contribution in [0.3, 0.4) is 0 Å². The molecule has 4 heteroatoms. The number of nitrogens with one attached hydrogen (secondary N) is 1. The topological polar surface area (TPSA) is 66.4 Å². The van der Waals surface area contributed by atoms with E-state index in [-0.39, 0.29) is 17.7 Å². The molecule has 0 saturated carbocycles. The standard InChI is InChI=1S/C16H23NO3/c1-5-14(18)17-13(10-15(19)20)11-6-8-12(9-7-11)16(2,3)4/h6-9,13H,5,10H2,1-4H3,(H,17,18)(H,19,20). The Morgan fingerprint density at radius 1 is 1.20 bits per heavy atom. The lowest BCUT2D eigenvalue weighted by molar-refractivity contribution is -0.137. The molecule has 0 aliphatic carbocycles. The molecule has 20 heavy (non-hydrogen) atoms. The number of hydrogen-bond donors (Lipinski definition) is 2. The molecule has 1 atom stereocenters. The first-order chi connectivity index (χ1) is 9.24. The zero-order valence-electron chi connectivity index (χ0n) is 12.6. The van der Waals surface area contributed by atoms with Crippen molar-refractivity contribution in [1.29, 1.82) is 0 Å². The number of carboxylic acids is 1. The van der Waals surface area contributed by atoms with Crippen LogP contribution in [0.4, 0.5) is 0 Å². The van der Waals surface area contributed by atoms with Crippen LogP contribution >= 0.6 is 0 Å². The summed E-state index contributed by atoms with van der Waals surface area (Å²) in [5.41, 5.74) is 2.05. The average molecular weight is 277 g/mol. The summed E-state index contributed by atoms with van der Waals surface area (Å²) in [4.78, 5) is 22.4. The highest BCUT2D eigenvalue weighted by Crippen LogP contribution is 2.25. The van der Waals surface area contributed by atoms with E-state index in [1.807, 2.05) is 24.3 Å². The van der Waals surface area contributed by atoms with Crippen LogP contribution < -0.4 is 5.32 Å². The summed E-state index contributed by atoms with van der Waals surface area (Å²) in [7, 11) is 0. The van der Waals surface area contributed by atoms with Gasteiger partial charge in [-0.05, 0) is 16.5 Å². The van der Waals surface area contributed by atoms with Gasteiger partial charge in [-0.15, -0.1) is 0 Å². The highest BCUT2D eigenvalue weighted by Gasteiger charge is 2.19. The molecular weight excluding hydrogens is 254 g/mol. The third-order valence-corrected chi connectivity index (χ3v) is 3.21. The van der Waals surface area contributed by atoms with Crippen molar-refractivity contribution in [3.63, 3.8) is 0 Å². The Morgan fingerprint density at radius 3 is 2.15 bits per heavy atom. The highest BCUT2D eigenvalue weighted by molar-refractivity contribution is 5.77. The second kappa shape index (κ2) is 6.55. The predicted octanol–water partition coefficient (Wildman–Crippen LogP) is 3.03. The monoisotopic (exact) mass is 277 g/mol. The Bertz CT molecular complexity index is 471. The molecule has 1 aromatic rings. The van der Waals surface area contributed by atoms with E-state index in [2.05, 4.69) is 26.1 Å². The maximum absolute atomic E-state index is 11.5. The smallest absolute Gasteiger partial charge is 0.305 e. The third kappa shape index (κ3) is 4.68. The van der Waals surface area contributed by atoms with Crippen molar-refractivity contribution in [2.24, 2.45) is 0 Å². The Labute approximate surface area is 120 Å². The Kier molecular flexibility index (Phi) is 5.31. The van der Waals surface area contributed by atoms with Gasteiger partial charge in [0.25, 0.3) is 0 Å². The SMILES string of the molecule is CCC(=O)NC(CC(=O)O)c1ccc(C(C)(C)C)cc1. The van der Waals surface area contributed by atoms with Gasteiger partial charge in [0, 0.05) is 6.42 Å². The number of carbonyl (C=O) groups is 2. The van der Waals surface area contributed by atoms with Crippen LogP contribution in [0, 0.1) is 0 Å². The van der Waals surface area contributed by atoms with Gasteiger partial charge >= 0.3 is 5.97 Å². The normalized spacial score (nSPS) is 12.8. The van der Waals surface area contributed by atoms with Gasteiger partial charge in [-0.1, -0.05) is 52.0 Å². The van der Waals surface area contributed by atoms with Crippen molar-refractivity contribution >= 4 is 11.9 Å². The molecule has 2 N–H and O–H groups in total. The summed E-state index contributed by atoms with van der Waals surface area (Å²) in [6, 6.07) is 7.28. The van der Waals surface area contributed by atoms with Crippen molar-refractivity contribution < 1.29 is 14.7 Å². The molecule has 0 spiro atoms. The van der Waals surface area contributed by atoms with Crippen LogP contribution in [-0.2, 0) is 15.0 Å². The van der Waals surface area contributed by atoms with Crippen LogP contribution in [0.1, 0.15) is 57.7 Å². The number of amides is 1. The van der Waals surface area contributed by atoms with E-state index in [1.54, 1.807) is 6.92 Å². The number of carboxylic acid groups (broad SMARTS) is 1. The molecule has 1 rings (SSSR count). The number of aliphatic carboxylic acids is 1. The fraction of sp³-hybridized carbons (Fsp3) is 0.500. The van der Waals surface area contributed by atoms with Gasteiger partial charge in [0.2, 0.25) is 5.91 Å². The third-order valence-electron chi connectivity index (χ3n) is 3.21. The minimum absolute atomic E-state index is 0.0491. The van der Waals surface area contributed by atoms with Crippen LogP contribution in [0.15, 0.2) is 24.3 Å². The average Bonchev–Trinajstić information content (AvgIpc) is 2.36. The summed E-state index contributed by atoms with van der Waals surface area (Å²) in [6.07, 6.45) is 0.233. The predicted molar refractivity (Wildman–Crippen MR) is 78.6 cm³/mol. The van der Waals surface area contributed by atoms with E-state index in [0.717, 1.165) is 5.56 Å². The summed E-state index contributed by atoms with van der Waals surface area (Å²) in [5, 5.41) is 11.7. The van der Waals surface area contributed by atoms with Gasteiger partial charge < -0.3 is 10.4 Å². The second-order valence-corrected chi connectivity index (χ2v) is 5.94. The molecular formula is C16H23NO3. The molecule has 1 unspecified atom stereocenters. The van der Waals surface area contributed by atoms with Crippen LogP contribution in [0.2, 0.25) is 0 Å². The molecule has 0 fully saturated rings. The van der Waals surface area contributed by atoms with E-state index in [9.17, 15) is 9.59 Å². The number of rotatable bonds is 5. The van der Waals surface area contributed by atoms with E-state index in [0.29, 0.717) is 6.42 Å². The number of benzene rings is 1. The van der Waals surface area contributed by atoms with Crippen LogP contribution in [0.25, 0.3) is 0 Å². The lowest BCUT2D eigenvalue weighted by Crippen LogP contribution is -2.29. The number of hydrogen-bond acceptors (Lipinski definition) is 2. The zero-order chi connectivity index (χ0) is 15.3. The van der Waals surface area contributed by atoms with Gasteiger partial charge in [-0.2, -0.15) is 0 Å². The van der Waals surface area contributed by atoms with Crippen molar-refractivity contribution in [3.8, 4) is 0 Å². The van der Waals surface area contributed by atoms with E-state index in [4.69, 9.17) is 5.11 Å². The second-order valence-electron chi connectivity index (χ2n) is 5.94. The first-order valence-corrected chi connectivity index (χ1v) is 6.85. The molecule has 0 aliphatic rings. The number of carbonyl (C=O) groups excluding carboxylic acids is 1. The molecule has 0 bridgehead atoms. The molecule has 0 radical (unpaired) electrons. The summed E-state index contributed by atoms with van der Waals surface area (Å²) in [5.74, 6) is -1.07. The minimum atomic E-state index is -0.925. The van der Waals surface area contributed by atoms with E-state index >= 15 is 0 Å². The molecule has 0 heterocycles. The van der Waals surface area contributed by atoms with Gasteiger partial charge in [0.05, 0.1) is 12.5 Å². The fourth-order valence-electron chi connectivity index (χ4n) is 1.94. The maximum atomic E-state index is 11.5. The lowest BCUT2D eigenvalue weighted by atomic mass is 9.86. The molecule has 0 aromatic heterocycles. The van der Waals surface area contributed by atoms with Gasteiger partial charge in [0.15, 0.2) is 0 Å². The van der Waals surface area contributed by atoms with E-state index in [1.165, 1.54) is 5.56 Å². The van der Waals surface area contributed by atoms with Crippen molar-refractivity contribution in [3.05, 3.63) is 35.4 Å². The fourth-order valence-corrected chi connectivity index (χ4v) is 1.94.